The van der Waals surface area contributed by atoms with E-state index in [2.05, 4.69) is 27.1 Å². The summed E-state index contributed by atoms with van der Waals surface area (Å²) in [6.07, 6.45) is 2.38. The van der Waals surface area contributed by atoms with Gasteiger partial charge in [-0.25, -0.2) is 4.45 Å². The molecule has 2 aromatic rings. The fourth-order valence-electron chi connectivity index (χ4n) is 1.42. The van der Waals surface area contributed by atoms with E-state index in [0.717, 1.165) is 0 Å². The highest BCUT2D eigenvalue weighted by atomic mass is 127. The Morgan fingerprint density at radius 3 is 2.88 bits per heavy atom. The highest BCUT2D eigenvalue weighted by Crippen LogP contribution is 2.33. The number of non-ortho nitro benzene ring substituents is 1. The van der Waals surface area contributed by atoms with Crippen molar-refractivity contribution in [3.8, 4) is 0 Å². The number of aldehydes is 1. The van der Waals surface area contributed by atoms with Gasteiger partial charge in [0.05, 0.1) is 28.4 Å². The molecule has 1 unspecified atom stereocenters. The molecule has 1 atom stereocenters. The molecule has 0 spiro atoms. The lowest BCUT2D eigenvalue weighted by molar-refractivity contribution is -0.383. The van der Waals surface area contributed by atoms with Crippen LogP contribution in [0.5, 0.6) is 0 Å². The molecule has 0 aliphatic rings. The molecular formula is C8H5IN3O3P. The lowest BCUT2D eigenvalue weighted by atomic mass is 10.1. The zero-order valence-corrected chi connectivity index (χ0v) is 10.9. The van der Waals surface area contributed by atoms with Crippen LogP contribution in [0.25, 0.3) is 10.9 Å². The average Bonchev–Trinajstić information content (AvgIpc) is 2.69. The van der Waals surface area contributed by atoms with E-state index in [4.69, 9.17) is 0 Å². The predicted octanol–water partition coefficient (Wildman–Crippen LogP) is 2.55. The van der Waals surface area contributed by atoms with Crippen molar-refractivity contribution in [2.24, 2.45) is 0 Å². The van der Waals surface area contributed by atoms with E-state index < -0.39 is 4.92 Å². The SMILES string of the molecule is O=Cc1cc([N+](=O)[O-])c2cnn(PI)c2c1. The quantitative estimate of drug-likeness (QED) is 0.281. The molecule has 0 saturated heterocycles. The third kappa shape index (κ3) is 1.80. The van der Waals surface area contributed by atoms with Crippen molar-refractivity contribution in [1.82, 2.24) is 9.55 Å². The van der Waals surface area contributed by atoms with E-state index in [1.807, 2.05) is 0 Å². The van der Waals surface area contributed by atoms with Crippen molar-refractivity contribution in [3.05, 3.63) is 34.0 Å². The predicted molar refractivity (Wildman–Crippen MR) is 69.5 cm³/mol. The lowest BCUT2D eigenvalue weighted by Crippen LogP contribution is -1.92. The highest BCUT2D eigenvalue weighted by molar-refractivity contribution is 14.2. The maximum Gasteiger partial charge on any atom is 0.281 e. The first-order chi connectivity index (χ1) is 7.67. The van der Waals surface area contributed by atoms with Crippen LogP contribution >= 0.6 is 28.4 Å². The number of rotatable bonds is 3. The van der Waals surface area contributed by atoms with Gasteiger partial charge in [0.1, 0.15) is 6.29 Å². The van der Waals surface area contributed by atoms with Crippen molar-refractivity contribution >= 4 is 51.3 Å². The number of nitrogens with zero attached hydrogens (tertiary/aromatic N) is 3. The van der Waals surface area contributed by atoms with Gasteiger partial charge in [-0.1, -0.05) is 0 Å². The van der Waals surface area contributed by atoms with Crippen LogP contribution in [0.3, 0.4) is 0 Å². The Hall–Kier alpha value is -1.08. The molecule has 16 heavy (non-hydrogen) atoms. The summed E-state index contributed by atoms with van der Waals surface area (Å²) in [4.78, 5) is 21.0. The van der Waals surface area contributed by atoms with Crippen LogP contribution in [0, 0.1) is 10.1 Å². The maximum atomic E-state index is 10.8. The lowest BCUT2D eigenvalue weighted by Gasteiger charge is -1.99. The molecule has 1 aromatic carbocycles. The number of carbonyl (C=O) groups is 1. The summed E-state index contributed by atoms with van der Waals surface area (Å²) in [6, 6.07) is 2.87. The molecule has 0 radical (unpaired) electrons. The van der Waals surface area contributed by atoms with Crippen LogP contribution in [0.2, 0.25) is 0 Å². The van der Waals surface area contributed by atoms with Gasteiger partial charge in [-0.2, -0.15) is 5.10 Å². The monoisotopic (exact) mass is 349 g/mol. The Morgan fingerprint density at radius 1 is 1.56 bits per heavy atom. The summed E-state index contributed by atoms with van der Waals surface area (Å²) >= 11 is 2.12. The summed E-state index contributed by atoms with van der Waals surface area (Å²) in [6.45, 7) is 0. The minimum Gasteiger partial charge on any atom is -0.298 e. The van der Waals surface area contributed by atoms with E-state index in [9.17, 15) is 14.9 Å². The fraction of sp³-hybridized carbons (Fsp3) is 0. The van der Waals surface area contributed by atoms with Gasteiger partial charge in [-0.15, -0.1) is 0 Å². The molecule has 0 saturated carbocycles. The van der Waals surface area contributed by atoms with E-state index in [1.165, 1.54) is 12.3 Å². The zero-order valence-electron chi connectivity index (χ0n) is 7.75. The second kappa shape index (κ2) is 4.42. The van der Waals surface area contributed by atoms with E-state index in [1.54, 1.807) is 10.5 Å². The standard InChI is InChI=1S/C8H5IN3O3P/c9-16-11-7-1-5(4-13)2-8(12(14)15)6(7)3-10-11/h1-4,16H. The molecule has 6 nitrogen and oxygen atoms in total. The molecule has 0 aliphatic heterocycles. The van der Waals surface area contributed by atoms with Crippen molar-refractivity contribution in [2.45, 2.75) is 0 Å². The minimum absolute atomic E-state index is 0.0829. The molecule has 1 heterocycles. The largest absolute Gasteiger partial charge is 0.298 e. The normalized spacial score (nSPS) is 11.3. The molecule has 0 fully saturated rings. The van der Waals surface area contributed by atoms with Crippen molar-refractivity contribution in [2.75, 3.05) is 0 Å². The molecule has 82 valence electrons. The van der Waals surface area contributed by atoms with Crippen LogP contribution < -0.4 is 0 Å². The number of aromatic nitrogens is 2. The first-order valence-electron chi connectivity index (χ1n) is 4.15. The van der Waals surface area contributed by atoms with E-state index >= 15 is 0 Å². The number of fused-ring (bicyclic) bond motifs is 1. The second-order valence-corrected chi connectivity index (χ2v) is 5.03. The van der Waals surface area contributed by atoms with Crippen LogP contribution in [-0.4, -0.2) is 20.8 Å². The van der Waals surface area contributed by atoms with Crippen LogP contribution in [0.4, 0.5) is 5.69 Å². The third-order valence-corrected chi connectivity index (χ3v) is 3.99. The number of hydrogen-bond acceptors (Lipinski definition) is 4. The Labute approximate surface area is 104 Å². The Kier molecular flexibility index (Phi) is 3.15. The molecule has 2 rings (SSSR count). The van der Waals surface area contributed by atoms with Gasteiger partial charge in [0.2, 0.25) is 0 Å². The smallest absolute Gasteiger partial charge is 0.281 e. The second-order valence-electron chi connectivity index (χ2n) is 2.99. The molecular weight excluding hydrogens is 344 g/mol. The van der Waals surface area contributed by atoms with Crippen LogP contribution in [-0.2, 0) is 0 Å². The molecule has 0 N–H and O–H groups in total. The summed E-state index contributed by atoms with van der Waals surface area (Å²) in [5.41, 5.74) is 0.820. The molecule has 8 heteroatoms. The zero-order chi connectivity index (χ0) is 11.7. The first kappa shape index (κ1) is 11.4. The third-order valence-electron chi connectivity index (χ3n) is 2.10. The van der Waals surface area contributed by atoms with E-state index in [-0.39, 0.29) is 11.3 Å². The molecule has 0 amide bonds. The highest BCUT2D eigenvalue weighted by Gasteiger charge is 2.17. The van der Waals surface area contributed by atoms with Gasteiger partial charge in [0, 0.05) is 11.6 Å². The average molecular weight is 349 g/mol. The molecule has 0 bridgehead atoms. The number of halogens is 1. The van der Waals surface area contributed by atoms with Crippen molar-refractivity contribution < 1.29 is 9.72 Å². The molecule has 0 aliphatic carbocycles. The summed E-state index contributed by atoms with van der Waals surface area (Å²) in [5.74, 6) is 0. The number of nitro groups is 1. The number of hydrogen-bond donors (Lipinski definition) is 0. The van der Waals surface area contributed by atoms with Gasteiger partial charge < -0.3 is 0 Å². The Morgan fingerprint density at radius 2 is 2.31 bits per heavy atom. The van der Waals surface area contributed by atoms with Crippen molar-refractivity contribution in [1.29, 1.82) is 0 Å². The summed E-state index contributed by atoms with van der Waals surface area (Å²) in [5, 5.41) is 15.3. The molecule has 1 aromatic heterocycles. The number of nitro benzene ring substituents is 1. The van der Waals surface area contributed by atoms with Crippen molar-refractivity contribution in [3.63, 3.8) is 0 Å². The fourth-order valence-corrected chi connectivity index (χ4v) is 2.95. The Bertz CT molecular complexity index is 583. The summed E-state index contributed by atoms with van der Waals surface area (Å²) in [7, 11) is 0. The van der Waals surface area contributed by atoms with Gasteiger partial charge in [0.25, 0.3) is 5.69 Å². The summed E-state index contributed by atoms with van der Waals surface area (Å²) < 4.78 is 1.63. The number of carbonyl (C=O) groups excluding carboxylic acids is 1. The Balaban J connectivity index is 2.83. The van der Waals surface area contributed by atoms with Gasteiger partial charge in [-0.3, -0.25) is 14.9 Å². The number of benzene rings is 1. The van der Waals surface area contributed by atoms with E-state index in [0.29, 0.717) is 23.6 Å². The van der Waals surface area contributed by atoms with Crippen LogP contribution in [0.1, 0.15) is 10.4 Å². The van der Waals surface area contributed by atoms with Gasteiger partial charge >= 0.3 is 0 Å². The topological polar surface area (TPSA) is 78.0 Å². The van der Waals surface area contributed by atoms with Gasteiger partial charge in [0.15, 0.2) is 0 Å². The van der Waals surface area contributed by atoms with Gasteiger partial charge in [-0.05, 0) is 28.1 Å². The first-order valence-corrected chi connectivity index (χ1v) is 8.21. The minimum atomic E-state index is -0.502. The van der Waals surface area contributed by atoms with Crippen LogP contribution in [0.15, 0.2) is 18.3 Å². The maximum absolute atomic E-state index is 10.8.